The molecular formula is C15H9ClIN3O2S. The summed E-state index contributed by atoms with van der Waals surface area (Å²) in [6.07, 6.45) is 2.74. The second kappa shape index (κ2) is 5.78. The molecule has 0 N–H and O–H groups in total. The Morgan fingerprint density at radius 1 is 1.30 bits per heavy atom. The number of fused-ring (bicyclic) bond motifs is 1. The summed E-state index contributed by atoms with van der Waals surface area (Å²) in [5, 5.41) is 9.71. The van der Waals surface area contributed by atoms with Crippen LogP contribution in [0.15, 0.2) is 41.6 Å². The van der Waals surface area contributed by atoms with Crippen molar-refractivity contribution >= 4 is 55.2 Å². The van der Waals surface area contributed by atoms with Crippen molar-refractivity contribution in [1.82, 2.24) is 8.96 Å². The topological polar surface area (TPSA) is 75.8 Å². The van der Waals surface area contributed by atoms with E-state index in [1.807, 2.05) is 35.6 Å². The predicted molar refractivity (Wildman–Crippen MR) is 95.9 cm³/mol. The van der Waals surface area contributed by atoms with Gasteiger partial charge in [0.2, 0.25) is 0 Å². The molecule has 2 heterocycles. The summed E-state index contributed by atoms with van der Waals surface area (Å²) >= 11 is 8.18. The van der Waals surface area contributed by atoms with Crippen molar-refractivity contribution in [3.8, 4) is 6.07 Å². The fourth-order valence-corrected chi connectivity index (χ4v) is 4.90. The number of halogens is 2. The van der Waals surface area contributed by atoms with E-state index in [1.165, 1.54) is 12.4 Å². The molecule has 116 valence electrons. The van der Waals surface area contributed by atoms with Gasteiger partial charge in [0.05, 0.1) is 20.9 Å². The van der Waals surface area contributed by atoms with Gasteiger partial charge in [-0.05, 0) is 41.6 Å². The number of hydrogen-bond donors (Lipinski definition) is 0. The third-order valence-corrected chi connectivity index (χ3v) is 6.25. The smallest absolute Gasteiger partial charge is 0.236 e. The minimum Gasteiger partial charge on any atom is -0.236 e. The van der Waals surface area contributed by atoms with Crippen LogP contribution in [0.3, 0.4) is 0 Å². The van der Waals surface area contributed by atoms with Gasteiger partial charge in [-0.1, -0.05) is 29.3 Å². The van der Waals surface area contributed by atoms with Gasteiger partial charge in [-0.2, -0.15) is 5.26 Å². The number of rotatable bonds is 2. The lowest BCUT2D eigenvalue weighted by molar-refractivity contribution is 0.588. The highest BCUT2D eigenvalue weighted by Crippen LogP contribution is 2.32. The summed E-state index contributed by atoms with van der Waals surface area (Å²) in [6.45, 7) is 1.88. The molecule has 2 aromatic heterocycles. The second-order valence-electron chi connectivity index (χ2n) is 4.89. The van der Waals surface area contributed by atoms with Crippen molar-refractivity contribution in [2.75, 3.05) is 0 Å². The van der Waals surface area contributed by atoms with Gasteiger partial charge in [0.25, 0.3) is 10.0 Å². The highest BCUT2D eigenvalue weighted by atomic mass is 127. The molecule has 23 heavy (non-hydrogen) atoms. The zero-order valence-corrected chi connectivity index (χ0v) is 15.5. The van der Waals surface area contributed by atoms with E-state index in [1.54, 1.807) is 24.3 Å². The van der Waals surface area contributed by atoms with Gasteiger partial charge in [-0.25, -0.2) is 17.4 Å². The number of benzene rings is 1. The monoisotopic (exact) mass is 457 g/mol. The van der Waals surface area contributed by atoms with Crippen LogP contribution in [0.2, 0.25) is 5.02 Å². The number of aryl methyl sites for hydroxylation is 1. The first-order valence-corrected chi connectivity index (χ1v) is 9.33. The molecule has 8 heteroatoms. The highest BCUT2D eigenvalue weighted by Gasteiger charge is 2.23. The molecule has 0 spiro atoms. The lowest BCUT2D eigenvalue weighted by Gasteiger charge is -2.07. The maximum absolute atomic E-state index is 12.8. The van der Waals surface area contributed by atoms with Crippen LogP contribution >= 0.6 is 34.2 Å². The molecule has 0 radical (unpaired) electrons. The van der Waals surface area contributed by atoms with Crippen molar-refractivity contribution in [2.45, 2.75) is 11.8 Å². The van der Waals surface area contributed by atoms with Crippen LogP contribution in [0.5, 0.6) is 0 Å². The standard InChI is InChI=1S/C15H9ClIN3O2S/c1-9-2-4-11(5-3-9)23(21,22)20-8-12(17)13-14(16)10(6-18)7-19-15(13)20/h2-5,7-8H,1H3. The zero-order chi connectivity index (χ0) is 16.8. The number of nitrogens with zero attached hydrogens (tertiary/aromatic N) is 3. The Balaban J connectivity index is 2.31. The quantitative estimate of drug-likeness (QED) is 0.550. The molecule has 3 aromatic rings. The van der Waals surface area contributed by atoms with Crippen LogP contribution in [-0.2, 0) is 10.0 Å². The van der Waals surface area contributed by atoms with Crippen molar-refractivity contribution in [3.63, 3.8) is 0 Å². The minimum atomic E-state index is -3.79. The van der Waals surface area contributed by atoms with E-state index in [-0.39, 0.29) is 21.1 Å². The third-order valence-electron chi connectivity index (χ3n) is 3.37. The van der Waals surface area contributed by atoms with Crippen LogP contribution in [-0.4, -0.2) is 17.4 Å². The van der Waals surface area contributed by atoms with Gasteiger partial charge < -0.3 is 0 Å². The Labute approximate surface area is 151 Å². The Hall–Kier alpha value is -1.63. The molecule has 0 amide bonds. The van der Waals surface area contributed by atoms with Crippen LogP contribution < -0.4 is 0 Å². The summed E-state index contributed by atoms with van der Waals surface area (Å²) in [5.41, 5.74) is 1.39. The fraction of sp³-hybridized carbons (Fsp3) is 0.0667. The Morgan fingerprint density at radius 2 is 1.96 bits per heavy atom. The van der Waals surface area contributed by atoms with E-state index in [9.17, 15) is 8.42 Å². The van der Waals surface area contributed by atoms with Crippen LogP contribution in [0.4, 0.5) is 0 Å². The second-order valence-corrected chi connectivity index (χ2v) is 8.24. The molecule has 5 nitrogen and oxygen atoms in total. The van der Waals surface area contributed by atoms with Crippen molar-refractivity contribution < 1.29 is 8.42 Å². The molecule has 0 atom stereocenters. The SMILES string of the molecule is Cc1ccc(S(=O)(=O)n2cc(I)c3c(Cl)c(C#N)cnc32)cc1. The van der Waals surface area contributed by atoms with E-state index < -0.39 is 10.0 Å². The third kappa shape index (κ3) is 2.60. The Morgan fingerprint density at radius 3 is 2.57 bits per heavy atom. The van der Waals surface area contributed by atoms with Gasteiger partial charge in [0.15, 0.2) is 5.65 Å². The molecule has 0 aliphatic carbocycles. The van der Waals surface area contributed by atoms with E-state index in [0.717, 1.165) is 9.54 Å². The molecule has 1 aromatic carbocycles. The largest absolute Gasteiger partial charge is 0.269 e. The van der Waals surface area contributed by atoms with Crippen molar-refractivity contribution in [2.24, 2.45) is 0 Å². The molecule has 0 unspecified atom stereocenters. The van der Waals surface area contributed by atoms with Gasteiger partial charge in [-0.3, -0.25) is 0 Å². The molecule has 0 saturated carbocycles. The molecule has 0 saturated heterocycles. The van der Waals surface area contributed by atoms with Gasteiger partial charge in [0.1, 0.15) is 6.07 Å². The number of aromatic nitrogens is 2. The summed E-state index contributed by atoms with van der Waals surface area (Å²) in [4.78, 5) is 4.28. The maximum atomic E-state index is 12.8. The highest BCUT2D eigenvalue weighted by molar-refractivity contribution is 14.1. The molecule has 3 rings (SSSR count). The Bertz CT molecular complexity index is 1070. The normalized spacial score (nSPS) is 11.6. The maximum Gasteiger partial charge on any atom is 0.269 e. The Kier molecular flexibility index (Phi) is 4.08. The number of pyridine rings is 1. The van der Waals surface area contributed by atoms with E-state index in [2.05, 4.69) is 4.98 Å². The lowest BCUT2D eigenvalue weighted by atomic mass is 10.2. The van der Waals surface area contributed by atoms with E-state index >= 15 is 0 Å². The van der Waals surface area contributed by atoms with Crippen LogP contribution in [0.25, 0.3) is 11.0 Å². The molecule has 0 aliphatic rings. The predicted octanol–water partition coefficient (Wildman–Crippen LogP) is 3.71. The number of nitriles is 1. The zero-order valence-electron chi connectivity index (χ0n) is 11.8. The van der Waals surface area contributed by atoms with Gasteiger partial charge in [0, 0.05) is 16.0 Å². The summed E-state index contributed by atoms with van der Waals surface area (Å²) in [7, 11) is -3.79. The average molecular weight is 458 g/mol. The first kappa shape index (κ1) is 16.2. The van der Waals surface area contributed by atoms with Gasteiger partial charge >= 0.3 is 0 Å². The van der Waals surface area contributed by atoms with E-state index in [0.29, 0.717) is 8.96 Å². The minimum absolute atomic E-state index is 0.165. The number of hydrogen-bond acceptors (Lipinski definition) is 4. The molecule has 0 fully saturated rings. The molecule has 0 aliphatic heterocycles. The molecular weight excluding hydrogens is 449 g/mol. The van der Waals surface area contributed by atoms with E-state index in [4.69, 9.17) is 16.9 Å². The fourth-order valence-electron chi connectivity index (χ4n) is 2.17. The summed E-state index contributed by atoms with van der Waals surface area (Å²) < 4.78 is 27.4. The summed E-state index contributed by atoms with van der Waals surface area (Å²) in [6, 6.07) is 8.51. The van der Waals surface area contributed by atoms with Gasteiger partial charge in [-0.15, -0.1) is 0 Å². The summed E-state index contributed by atoms with van der Waals surface area (Å²) in [5.74, 6) is 0. The van der Waals surface area contributed by atoms with Crippen molar-refractivity contribution in [3.05, 3.63) is 56.4 Å². The first-order chi connectivity index (χ1) is 10.9. The van der Waals surface area contributed by atoms with Crippen molar-refractivity contribution in [1.29, 1.82) is 5.26 Å². The first-order valence-electron chi connectivity index (χ1n) is 6.43. The lowest BCUT2D eigenvalue weighted by Crippen LogP contribution is -2.12. The average Bonchev–Trinajstić information content (AvgIpc) is 2.87. The van der Waals surface area contributed by atoms with Crippen LogP contribution in [0, 0.1) is 21.8 Å². The molecule has 0 bridgehead atoms. The van der Waals surface area contributed by atoms with Crippen LogP contribution in [0.1, 0.15) is 11.1 Å².